The number of amides is 2. The molecule has 1 unspecified atom stereocenters. The first-order chi connectivity index (χ1) is 18.9. The van der Waals surface area contributed by atoms with Crippen molar-refractivity contribution in [3.8, 4) is 11.4 Å². The summed E-state index contributed by atoms with van der Waals surface area (Å²) in [6.07, 6.45) is 1.57. The first-order valence-corrected chi connectivity index (χ1v) is 12.5. The minimum atomic E-state index is -0.591. The van der Waals surface area contributed by atoms with Gasteiger partial charge in [-0.05, 0) is 12.0 Å². The van der Waals surface area contributed by atoms with Crippen LogP contribution in [0, 0.1) is 0 Å². The Morgan fingerprint density at radius 3 is 2.13 bits per heavy atom. The van der Waals surface area contributed by atoms with Crippen LogP contribution in [0.3, 0.4) is 0 Å². The van der Waals surface area contributed by atoms with Crippen molar-refractivity contribution < 1.29 is 14.4 Å². The molecule has 0 fully saturated rings. The fourth-order valence-corrected chi connectivity index (χ4v) is 4.18. The SMILES string of the molecule is Nc1cnc(-c2ccccc2)n(CC(=O)NCCC(C(=O)NCC(=O)c2ccccc2)c2ccccc2)c1=O. The molecule has 0 saturated carbocycles. The monoisotopic (exact) mass is 523 g/mol. The summed E-state index contributed by atoms with van der Waals surface area (Å²) in [6.45, 7) is -0.245. The quantitative estimate of drug-likeness (QED) is 0.259. The lowest BCUT2D eigenvalue weighted by Gasteiger charge is -2.18. The number of aromatic nitrogens is 2. The predicted octanol–water partition coefficient (Wildman–Crippen LogP) is 2.78. The Hall–Kier alpha value is -5.05. The van der Waals surface area contributed by atoms with Crippen LogP contribution in [0.2, 0.25) is 0 Å². The van der Waals surface area contributed by atoms with E-state index >= 15 is 0 Å². The maximum absolute atomic E-state index is 13.1. The number of carbonyl (C=O) groups is 3. The van der Waals surface area contributed by atoms with Gasteiger partial charge in [0.1, 0.15) is 18.1 Å². The summed E-state index contributed by atoms with van der Waals surface area (Å²) in [4.78, 5) is 55.4. The van der Waals surface area contributed by atoms with Gasteiger partial charge >= 0.3 is 0 Å². The molecule has 3 aromatic carbocycles. The van der Waals surface area contributed by atoms with Gasteiger partial charge in [0.25, 0.3) is 5.56 Å². The molecule has 0 aliphatic rings. The van der Waals surface area contributed by atoms with Crippen molar-refractivity contribution in [1.82, 2.24) is 20.2 Å². The minimum absolute atomic E-state index is 0.0617. The summed E-state index contributed by atoms with van der Waals surface area (Å²) < 4.78 is 1.23. The van der Waals surface area contributed by atoms with Crippen LogP contribution in [-0.2, 0) is 16.1 Å². The lowest BCUT2D eigenvalue weighted by Crippen LogP contribution is -2.37. The second-order valence-electron chi connectivity index (χ2n) is 8.90. The zero-order valence-corrected chi connectivity index (χ0v) is 21.2. The maximum atomic E-state index is 13.1. The van der Waals surface area contributed by atoms with Crippen LogP contribution in [0.25, 0.3) is 11.4 Å². The van der Waals surface area contributed by atoms with E-state index < -0.39 is 17.4 Å². The van der Waals surface area contributed by atoms with Gasteiger partial charge in [-0.1, -0.05) is 91.0 Å². The van der Waals surface area contributed by atoms with Crippen molar-refractivity contribution in [2.45, 2.75) is 18.9 Å². The van der Waals surface area contributed by atoms with Crippen LogP contribution >= 0.6 is 0 Å². The number of hydrogen-bond donors (Lipinski definition) is 3. The van der Waals surface area contributed by atoms with E-state index in [2.05, 4.69) is 15.6 Å². The van der Waals surface area contributed by atoms with Crippen LogP contribution in [0.5, 0.6) is 0 Å². The number of rotatable bonds is 11. The van der Waals surface area contributed by atoms with Crippen molar-refractivity contribution in [2.75, 3.05) is 18.8 Å². The van der Waals surface area contributed by atoms with Crippen molar-refractivity contribution in [1.29, 1.82) is 0 Å². The molecule has 0 spiro atoms. The number of carbonyl (C=O) groups excluding carboxylic acids is 3. The molecule has 0 saturated heterocycles. The molecule has 39 heavy (non-hydrogen) atoms. The van der Waals surface area contributed by atoms with E-state index in [0.29, 0.717) is 17.0 Å². The van der Waals surface area contributed by atoms with E-state index in [9.17, 15) is 19.2 Å². The fourth-order valence-electron chi connectivity index (χ4n) is 4.18. The third-order valence-electron chi connectivity index (χ3n) is 6.20. The molecule has 9 nitrogen and oxygen atoms in total. The highest BCUT2D eigenvalue weighted by Gasteiger charge is 2.22. The number of benzene rings is 3. The highest BCUT2D eigenvalue weighted by atomic mass is 16.2. The molecule has 0 aliphatic heterocycles. The summed E-state index contributed by atoms with van der Waals surface area (Å²) in [6, 6.07) is 26.9. The number of hydrogen-bond acceptors (Lipinski definition) is 6. The van der Waals surface area contributed by atoms with E-state index in [1.165, 1.54) is 10.8 Å². The Labute approximate surface area is 225 Å². The van der Waals surface area contributed by atoms with Gasteiger partial charge in [0.05, 0.1) is 18.7 Å². The average Bonchev–Trinajstić information content (AvgIpc) is 2.97. The van der Waals surface area contributed by atoms with Gasteiger partial charge in [0.15, 0.2) is 5.78 Å². The third kappa shape index (κ3) is 7.04. The second-order valence-corrected chi connectivity index (χ2v) is 8.90. The molecule has 0 aliphatic carbocycles. The normalized spacial score (nSPS) is 11.4. The molecular weight excluding hydrogens is 494 g/mol. The molecule has 1 aromatic heterocycles. The fraction of sp³-hybridized carbons (Fsp3) is 0.167. The maximum Gasteiger partial charge on any atom is 0.277 e. The Morgan fingerprint density at radius 1 is 0.846 bits per heavy atom. The molecule has 0 radical (unpaired) electrons. The van der Waals surface area contributed by atoms with E-state index in [1.54, 1.807) is 36.4 Å². The smallest absolute Gasteiger partial charge is 0.277 e. The summed E-state index contributed by atoms with van der Waals surface area (Å²) in [5.74, 6) is -1.20. The molecule has 0 bridgehead atoms. The standard InChI is InChI=1S/C30H29N5O4/c31-25-18-33-28(23-14-8-3-9-15-23)35(30(25)39)20-27(37)32-17-16-24(21-10-4-1-5-11-21)29(38)34-19-26(36)22-12-6-2-7-13-22/h1-15,18,24H,16-17,19-20,31H2,(H,32,37)(H,34,38). The number of ketones is 1. The molecule has 1 atom stereocenters. The Balaban J connectivity index is 1.41. The number of nitrogens with one attached hydrogen (secondary N) is 2. The van der Waals surface area contributed by atoms with Crippen molar-refractivity contribution in [2.24, 2.45) is 0 Å². The van der Waals surface area contributed by atoms with Crippen LogP contribution in [0.15, 0.2) is 102 Å². The highest BCUT2D eigenvalue weighted by Crippen LogP contribution is 2.20. The number of nitrogens with zero attached hydrogens (tertiary/aromatic N) is 2. The molecule has 9 heteroatoms. The summed E-state index contributed by atoms with van der Waals surface area (Å²) in [7, 11) is 0. The van der Waals surface area contributed by atoms with Crippen molar-refractivity contribution >= 4 is 23.3 Å². The zero-order valence-electron chi connectivity index (χ0n) is 21.2. The van der Waals surface area contributed by atoms with E-state index in [0.717, 1.165) is 5.56 Å². The van der Waals surface area contributed by atoms with Crippen LogP contribution in [0.4, 0.5) is 5.69 Å². The topological polar surface area (TPSA) is 136 Å². The molecule has 1 heterocycles. The van der Waals surface area contributed by atoms with Crippen molar-refractivity contribution in [3.63, 3.8) is 0 Å². The molecule has 198 valence electrons. The van der Waals surface area contributed by atoms with Gasteiger partial charge in [-0.25, -0.2) is 4.98 Å². The zero-order chi connectivity index (χ0) is 27.6. The second kappa shape index (κ2) is 13.0. The molecule has 4 N–H and O–H groups in total. The van der Waals surface area contributed by atoms with Crippen LogP contribution in [0.1, 0.15) is 28.3 Å². The van der Waals surface area contributed by atoms with Gasteiger partial charge in [-0.15, -0.1) is 0 Å². The predicted molar refractivity (Wildman–Crippen MR) is 149 cm³/mol. The van der Waals surface area contributed by atoms with Gasteiger partial charge in [0.2, 0.25) is 11.8 Å². The van der Waals surface area contributed by atoms with Gasteiger partial charge < -0.3 is 16.4 Å². The van der Waals surface area contributed by atoms with Gasteiger partial charge in [0, 0.05) is 17.7 Å². The minimum Gasteiger partial charge on any atom is -0.393 e. The molecule has 4 rings (SSSR count). The highest BCUT2D eigenvalue weighted by molar-refractivity contribution is 5.99. The number of anilines is 1. The Bertz CT molecular complexity index is 1490. The largest absolute Gasteiger partial charge is 0.393 e. The van der Waals surface area contributed by atoms with Crippen molar-refractivity contribution in [3.05, 3.63) is 119 Å². The first kappa shape index (κ1) is 27.0. The Kier molecular flexibility index (Phi) is 8.97. The lowest BCUT2D eigenvalue weighted by atomic mass is 9.94. The number of nitrogens with two attached hydrogens (primary N) is 1. The van der Waals surface area contributed by atoms with Crippen LogP contribution < -0.4 is 21.9 Å². The molecule has 2 amide bonds. The van der Waals surface area contributed by atoms with E-state index in [-0.39, 0.29) is 43.4 Å². The molecule has 4 aromatic rings. The first-order valence-electron chi connectivity index (χ1n) is 12.5. The van der Waals surface area contributed by atoms with Gasteiger partial charge in [-0.2, -0.15) is 0 Å². The van der Waals surface area contributed by atoms with E-state index in [1.807, 2.05) is 54.6 Å². The summed E-state index contributed by atoms with van der Waals surface area (Å²) in [5.41, 5.74) is 7.15. The average molecular weight is 524 g/mol. The molecular formula is C30H29N5O4. The van der Waals surface area contributed by atoms with E-state index in [4.69, 9.17) is 5.73 Å². The third-order valence-corrected chi connectivity index (χ3v) is 6.20. The summed E-state index contributed by atoms with van der Waals surface area (Å²) >= 11 is 0. The Morgan fingerprint density at radius 2 is 1.46 bits per heavy atom. The lowest BCUT2D eigenvalue weighted by molar-refractivity contribution is -0.124. The summed E-state index contributed by atoms with van der Waals surface area (Å²) in [5, 5.41) is 5.52. The van der Waals surface area contributed by atoms with Crippen LogP contribution in [-0.4, -0.2) is 40.2 Å². The van der Waals surface area contributed by atoms with Gasteiger partial charge in [-0.3, -0.25) is 23.7 Å². The number of nitrogen functional groups attached to an aromatic ring is 1. The number of Topliss-reactive ketones (excluding diaryl/α,β-unsaturated/α-hetero) is 1.